The molecule has 8 heteroatoms. The third-order valence-corrected chi connectivity index (χ3v) is 10.5. The van der Waals surface area contributed by atoms with Gasteiger partial charge < -0.3 is 20.6 Å². The highest BCUT2D eigenvalue weighted by Crippen LogP contribution is 2.69. The summed E-state index contributed by atoms with van der Waals surface area (Å²) in [6, 6.07) is 13.7. The maximum atomic E-state index is 14.3. The van der Waals surface area contributed by atoms with Crippen molar-refractivity contribution in [2.24, 2.45) is 17.8 Å². The van der Waals surface area contributed by atoms with Crippen LogP contribution in [-0.2, 0) is 14.4 Å². The number of aliphatic hydroxyl groups excluding tert-OH is 1. The lowest BCUT2D eigenvalue weighted by Gasteiger charge is -2.40. The van der Waals surface area contributed by atoms with Crippen LogP contribution in [0.1, 0.15) is 36.1 Å². The fourth-order valence-electron chi connectivity index (χ4n) is 6.79. The number of carbonyl (C=O) groups excluding carboxylic acids is 3. The standard InChI is InChI=1S/C28H33N3O4S/c1-15-9-8-10-16(2)23(15)30-26(34)24-28-17(3)13-20(36-28)21(25(33)29-4)22(28)27(35)31(24)19(14-32)18-11-6-5-7-12-18/h5-12,17,19-22,24,32H,13-14H2,1-4H3,(H,29,33)(H,30,34)/t17?,19-,20+,21-,22+,24?,28?/m1/s1. The molecule has 7 nitrogen and oxygen atoms in total. The van der Waals surface area contributed by atoms with Crippen molar-refractivity contribution >= 4 is 35.2 Å². The molecule has 0 aliphatic carbocycles. The number of rotatable bonds is 6. The lowest BCUT2D eigenvalue weighted by molar-refractivity contribution is -0.142. The molecule has 3 unspecified atom stereocenters. The summed E-state index contributed by atoms with van der Waals surface area (Å²) in [5.74, 6) is -1.72. The number of anilines is 1. The van der Waals surface area contributed by atoms with Crippen molar-refractivity contribution in [2.75, 3.05) is 19.0 Å². The molecule has 3 fully saturated rings. The first-order chi connectivity index (χ1) is 17.3. The minimum absolute atomic E-state index is 0.0177. The number of nitrogens with one attached hydrogen (secondary N) is 2. The number of fused-ring (bicyclic) bond motifs is 1. The molecule has 2 bridgehead atoms. The van der Waals surface area contributed by atoms with Gasteiger partial charge in [0.05, 0.1) is 29.2 Å². The molecule has 3 heterocycles. The summed E-state index contributed by atoms with van der Waals surface area (Å²) >= 11 is 1.63. The Morgan fingerprint density at radius 3 is 2.39 bits per heavy atom. The number of thioether (sulfide) groups is 1. The van der Waals surface area contributed by atoms with Crippen molar-refractivity contribution in [1.29, 1.82) is 0 Å². The molecule has 0 aromatic heterocycles. The third kappa shape index (κ3) is 3.49. The minimum Gasteiger partial charge on any atom is -0.394 e. The third-order valence-electron chi connectivity index (χ3n) is 8.40. The Kier molecular flexibility index (Phi) is 6.37. The number of para-hydroxylation sites is 1. The molecular formula is C28H33N3O4S. The van der Waals surface area contributed by atoms with Crippen LogP contribution in [0.5, 0.6) is 0 Å². The number of benzene rings is 2. The van der Waals surface area contributed by atoms with Crippen molar-refractivity contribution in [3.63, 3.8) is 0 Å². The van der Waals surface area contributed by atoms with Crippen LogP contribution in [-0.4, -0.2) is 57.4 Å². The van der Waals surface area contributed by atoms with E-state index in [2.05, 4.69) is 17.6 Å². The van der Waals surface area contributed by atoms with E-state index < -0.39 is 28.7 Å². The largest absolute Gasteiger partial charge is 0.394 e. The quantitative estimate of drug-likeness (QED) is 0.558. The summed E-state index contributed by atoms with van der Waals surface area (Å²) in [5.41, 5.74) is 3.38. The smallest absolute Gasteiger partial charge is 0.248 e. The van der Waals surface area contributed by atoms with E-state index in [0.717, 1.165) is 28.8 Å². The van der Waals surface area contributed by atoms with E-state index in [1.54, 1.807) is 23.7 Å². The molecule has 3 aliphatic rings. The second-order valence-electron chi connectivity index (χ2n) is 10.3. The van der Waals surface area contributed by atoms with Gasteiger partial charge in [-0.1, -0.05) is 55.5 Å². The highest BCUT2D eigenvalue weighted by Gasteiger charge is 2.76. The first-order valence-corrected chi connectivity index (χ1v) is 13.4. The van der Waals surface area contributed by atoms with Gasteiger partial charge in [0.25, 0.3) is 0 Å². The van der Waals surface area contributed by atoms with E-state index >= 15 is 0 Å². The van der Waals surface area contributed by atoms with Gasteiger partial charge in [-0.05, 0) is 42.9 Å². The van der Waals surface area contributed by atoms with Crippen molar-refractivity contribution in [3.8, 4) is 0 Å². The van der Waals surface area contributed by atoms with E-state index in [-0.39, 0.29) is 35.5 Å². The van der Waals surface area contributed by atoms with E-state index in [1.165, 1.54) is 0 Å². The lowest BCUT2D eigenvalue weighted by Crippen LogP contribution is -2.55. The maximum absolute atomic E-state index is 14.3. The molecular weight excluding hydrogens is 474 g/mol. The van der Waals surface area contributed by atoms with Gasteiger partial charge >= 0.3 is 0 Å². The van der Waals surface area contributed by atoms with Gasteiger partial charge in [-0.25, -0.2) is 0 Å². The van der Waals surface area contributed by atoms with Crippen LogP contribution in [0.3, 0.4) is 0 Å². The summed E-state index contributed by atoms with van der Waals surface area (Å²) in [6.07, 6.45) is 0.767. The first kappa shape index (κ1) is 24.8. The van der Waals surface area contributed by atoms with Gasteiger partial charge in [0, 0.05) is 18.0 Å². The van der Waals surface area contributed by atoms with Gasteiger partial charge in [-0.3, -0.25) is 14.4 Å². The molecule has 1 spiro atoms. The van der Waals surface area contributed by atoms with Crippen molar-refractivity contribution in [3.05, 3.63) is 65.2 Å². The second-order valence-corrected chi connectivity index (χ2v) is 11.8. The Balaban J connectivity index is 1.65. The average molecular weight is 508 g/mol. The van der Waals surface area contributed by atoms with E-state index in [9.17, 15) is 19.5 Å². The molecule has 3 amide bonds. The van der Waals surface area contributed by atoms with Gasteiger partial charge in [-0.2, -0.15) is 0 Å². The molecule has 3 aliphatic heterocycles. The SMILES string of the molecule is CNC(=O)[C@@H]1[C@@H]2CC(C)C3(S2)C(C(=O)Nc2c(C)cccc2C)N([C@H](CO)c2ccccc2)C(=O)[C@H]13. The summed E-state index contributed by atoms with van der Waals surface area (Å²) in [6.45, 7) is 5.66. The van der Waals surface area contributed by atoms with Crippen LogP contribution in [0.25, 0.3) is 0 Å². The normalized spacial score (nSPS) is 31.3. The number of hydrogen-bond acceptors (Lipinski definition) is 5. The van der Waals surface area contributed by atoms with Crippen molar-refractivity contribution < 1.29 is 19.5 Å². The lowest BCUT2D eigenvalue weighted by atomic mass is 9.66. The molecule has 0 saturated carbocycles. The average Bonchev–Trinajstić information content (AvgIpc) is 3.46. The molecule has 2 aromatic rings. The predicted octanol–water partition coefficient (Wildman–Crippen LogP) is 3.06. The van der Waals surface area contributed by atoms with Crippen LogP contribution in [0, 0.1) is 31.6 Å². The molecule has 3 saturated heterocycles. The maximum Gasteiger partial charge on any atom is 0.248 e. The summed E-state index contributed by atoms with van der Waals surface area (Å²) in [5, 5.41) is 16.4. The number of carbonyl (C=O) groups is 3. The Hall–Kier alpha value is -2.84. The Morgan fingerprint density at radius 1 is 1.11 bits per heavy atom. The topological polar surface area (TPSA) is 98.7 Å². The number of likely N-dealkylation sites (tertiary alicyclic amines) is 1. The Bertz CT molecular complexity index is 1180. The van der Waals surface area contributed by atoms with Gasteiger partial charge in [0.15, 0.2) is 0 Å². The minimum atomic E-state index is -0.828. The number of aliphatic hydroxyl groups is 1. The van der Waals surface area contributed by atoms with Crippen LogP contribution >= 0.6 is 11.8 Å². The van der Waals surface area contributed by atoms with Crippen LogP contribution in [0.2, 0.25) is 0 Å². The monoisotopic (exact) mass is 507 g/mol. The van der Waals surface area contributed by atoms with Gasteiger partial charge in [0.2, 0.25) is 17.7 Å². The van der Waals surface area contributed by atoms with Gasteiger partial charge in [-0.15, -0.1) is 11.8 Å². The first-order valence-electron chi connectivity index (χ1n) is 12.5. The molecule has 190 valence electrons. The van der Waals surface area contributed by atoms with E-state index in [1.807, 2.05) is 62.4 Å². The van der Waals surface area contributed by atoms with Crippen molar-refractivity contribution in [2.45, 2.75) is 49.3 Å². The molecule has 3 N–H and O–H groups in total. The Labute approximate surface area is 216 Å². The van der Waals surface area contributed by atoms with Crippen LogP contribution < -0.4 is 10.6 Å². The highest BCUT2D eigenvalue weighted by molar-refractivity contribution is 8.02. The highest BCUT2D eigenvalue weighted by atomic mass is 32.2. The molecule has 36 heavy (non-hydrogen) atoms. The zero-order valence-electron chi connectivity index (χ0n) is 21.0. The Morgan fingerprint density at radius 2 is 1.78 bits per heavy atom. The number of nitrogens with zero attached hydrogens (tertiary/aromatic N) is 1. The summed E-state index contributed by atoms with van der Waals surface area (Å²) in [4.78, 5) is 43.1. The van der Waals surface area contributed by atoms with Crippen LogP contribution in [0.15, 0.2) is 48.5 Å². The van der Waals surface area contributed by atoms with Crippen molar-refractivity contribution in [1.82, 2.24) is 10.2 Å². The molecule has 5 rings (SSSR count). The molecule has 2 aromatic carbocycles. The zero-order chi connectivity index (χ0) is 25.8. The number of amides is 3. The fraction of sp³-hybridized carbons (Fsp3) is 0.464. The van der Waals surface area contributed by atoms with Gasteiger partial charge in [0.1, 0.15) is 6.04 Å². The summed E-state index contributed by atoms with van der Waals surface area (Å²) in [7, 11) is 1.60. The molecule has 0 radical (unpaired) electrons. The van der Waals surface area contributed by atoms with E-state index in [4.69, 9.17) is 0 Å². The number of aryl methyl sites for hydroxylation is 2. The summed E-state index contributed by atoms with van der Waals surface area (Å²) < 4.78 is -0.748. The van der Waals surface area contributed by atoms with E-state index in [0.29, 0.717) is 0 Å². The zero-order valence-corrected chi connectivity index (χ0v) is 21.8. The van der Waals surface area contributed by atoms with Crippen LogP contribution in [0.4, 0.5) is 5.69 Å². The number of hydrogen-bond donors (Lipinski definition) is 3. The fourth-order valence-corrected chi connectivity index (χ4v) is 9.20. The second kappa shape index (κ2) is 9.23. The predicted molar refractivity (Wildman–Crippen MR) is 140 cm³/mol. The molecule has 7 atom stereocenters.